The van der Waals surface area contributed by atoms with Crippen LogP contribution in [0, 0.1) is 46.3 Å². The normalized spacial score (nSPS) is 34.7. The van der Waals surface area contributed by atoms with Crippen molar-refractivity contribution < 1.29 is 9.53 Å². The van der Waals surface area contributed by atoms with Crippen molar-refractivity contribution in [3.05, 3.63) is 23.3 Å². The number of carbonyl (C=O) groups excluding carboxylic acids is 1. The number of hydrogen-bond donors (Lipinski definition) is 0. The molecule has 0 spiro atoms. The van der Waals surface area contributed by atoms with E-state index in [9.17, 15) is 4.79 Å². The molecule has 4 aliphatic rings. The van der Waals surface area contributed by atoms with E-state index in [4.69, 9.17) is 4.74 Å². The van der Waals surface area contributed by atoms with Gasteiger partial charge in [0.2, 0.25) is 0 Å². The molecule has 0 heterocycles. The maximum Gasteiger partial charge on any atom is 0.306 e. The second-order valence-electron chi connectivity index (χ2n) is 16.5. The summed E-state index contributed by atoms with van der Waals surface area (Å²) in [4.78, 5) is 12.7. The SMILES string of the molecule is C/C=C(\CC[C@@H](C)[C@H]1CC[C@H]2[C@@H]3CC=C4C[C@@H](OC(=O)CCCCCCCCCCC)CC[C@]4(C)[C@H]3CC[C@]12C)C(C)C. The Morgan fingerprint density at radius 3 is 2.28 bits per heavy atom. The van der Waals surface area contributed by atoms with Gasteiger partial charge in [0, 0.05) is 12.8 Å². The lowest BCUT2D eigenvalue weighted by Gasteiger charge is -2.58. The predicted molar refractivity (Wildman–Crippen MR) is 184 cm³/mol. The number of fused-ring (bicyclic) bond motifs is 5. The van der Waals surface area contributed by atoms with E-state index in [1.807, 2.05) is 0 Å². The minimum absolute atomic E-state index is 0.0559. The highest BCUT2D eigenvalue weighted by atomic mass is 16.5. The van der Waals surface area contributed by atoms with Crippen molar-refractivity contribution in [1.82, 2.24) is 0 Å². The van der Waals surface area contributed by atoms with Crippen LogP contribution in [0.2, 0.25) is 0 Å². The van der Waals surface area contributed by atoms with Gasteiger partial charge < -0.3 is 4.74 Å². The van der Waals surface area contributed by atoms with Crippen LogP contribution in [0.25, 0.3) is 0 Å². The van der Waals surface area contributed by atoms with Gasteiger partial charge in [-0.1, -0.05) is 116 Å². The third-order valence-corrected chi connectivity index (χ3v) is 13.6. The van der Waals surface area contributed by atoms with Gasteiger partial charge in [-0.15, -0.1) is 0 Å². The van der Waals surface area contributed by atoms with Crippen molar-refractivity contribution in [3.63, 3.8) is 0 Å². The lowest BCUT2D eigenvalue weighted by atomic mass is 9.47. The summed E-state index contributed by atoms with van der Waals surface area (Å²) in [5.74, 6) is 5.04. The molecule has 8 atom stereocenters. The highest BCUT2D eigenvalue weighted by molar-refractivity contribution is 5.69. The standard InChI is InChI=1S/C41H70O2/c1-8-10-11-12-13-14-15-16-17-18-39(42)43-34-25-27-40(6)33(29-34)21-22-35-37-24-23-36(41(37,7)28-26-38(35)40)31(5)19-20-32(9-2)30(3)4/h9,21,30-31,34-38H,8,10-20,22-29H2,1-7H3/b32-9+/t31-,34+,35+,36-,37+,38+,40+,41-/m1/s1. The summed E-state index contributed by atoms with van der Waals surface area (Å²) in [7, 11) is 0. The maximum atomic E-state index is 12.7. The van der Waals surface area contributed by atoms with Crippen molar-refractivity contribution in [3.8, 4) is 0 Å². The predicted octanol–water partition coefficient (Wildman–Crippen LogP) is 12.4. The Balaban J connectivity index is 1.25. The van der Waals surface area contributed by atoms with E-state index in [1.54, 1.807) is 11.1 Å². The molecule has 0 aromatic heterocycles. The summed E-state index contributed by atoms with van der Waals surface area (Å²) in [6.07, 6.45) is 30.2. The molecule has 0 aromatic rings. The molecule has 0 N–H and O–H groups in total. The lowest BCUT2D eigenvalue weighted by molar-refractivity contribution is -0.151. The summed E-state index contributed by atoms with van der Waals surface area (Å²) >= 11 is 0. The minimum Gasteiger partial charge on any atom is -0.462 e. The van der Waals surface area contributed by atoms with Gasteiger partial charge in [-0.3, -0.25) is 4.79 Å². The first kappa shape index (κ1) is 34.8. The molecular formula is C41H70O2. The Morgan fingerprint density at radius 2 is 1.60 bits per heavy atom. The fourth-order valence-corrected chi connectivity index (χ4v) is 10.9. The molecule has 3 fully saturated rings. The molecule has 0 bridgehead atoms. The van der Waals surface area contributed by atoms with Crippen LogP contribution in [0.15, 0.2) is 23.3 Å². The number of hydrogen-bond acceptors (Lipinski definition) is 2. The van der Waals surface area contributed by atoms with Crippen molar-refractivity contribution in [2.45, 2.75) is 183 Å². The average Bonchev–Trinajstić information content (AvgIpc) is 3.34. The molecule has 2 heteroatoms. The largest absolute Gasteiger partial charge is 0.462 e. The fourth-order valence-electron chi connectivity index (χ4n) is 10.9. The van der Waals surface area contributed by atoms with Gasteiger partial charge in [0.1, 0.15) is 6.10 Å². The first-order chi connectivity index (χ1) is 20.6. The molecule has 0 aromatic carbocycles. The van der Waals surface area contributed by atoms with Gasteiger partial charge in [-0.2, -0.15) is 0 Å². The molecule has 43 heavy (non-hydrogen) atoms. The van der Waals surface area contributed by atoms with Crippen LogP contribution in [0.1, 0.15) is 177 Å². The van der Waals surface area contributed by atoms with Crippen LogP contribution < -0.4 is 0 Å². The second-order valence-corrected chi connectivity index (χ2v) is 16.5. The highest BCUT2D eigenvalue weighted by Crippen LogP contribution is 2.67. The van der Waals surface area contributed by atoms with Gasteiger partial charge >= 0.3 is 5.97 Å². The second kappa shape index (κ2) is 16.0. The van der Waals surface area contributed by atoms with Gasteiger partial charge in [0.15, 0.2) is 0 Å². The quantitative estimate of drug-likeness (QED) is 0.101. The monoisotopic (exact) mass is 595 g/mol. The third kappa shape index (κ3) is 8.22. The summed E-state index contributed by atoms with van der Waals surface area (Å²) in [6.45, 7) is 17.1. The van der Waals surface area contributed by atoms with E-state index in [0.29, 0.717) is 23.2 Å². The first-order valence-electron chi connectivity index (χ1n) is 19.2. The average molecular weight is 595 g/mol. The molecule has 0 aliphatic heterocycles. The van der Waals surface area contributed by atoms with E-state index in [-0.39, 0.29) is 12.1 Å². The summed E-state index contributed by atoms with van der Waals surface area (Å²) < 4.78 is 6.10. The molecule has 0 unspecified atom stereocenters. The minimum atomic E-state index is 0.0559. The molecule has 3 saturated carbocycles. The van der Waals surface area contributed by atoms with Gasteiger partial charge in [0.25, 0.3) is 0 Å². The fraction of sp³-hybridized carbons (Fsp3) is 0.878. The number of allylic oxidation sites excluding steroid dienone is 3. The third-order valence-electron chi connectivity index (χ3n) is 13.6. The van der Waals surface area contributed by atoms with Crippen molar-refractivity contribution in [1.29, 1.82) is 0 Å². The zero-order valence-electron chi connectivity index (χ0n) is 29.7. The van der Waals surface area contributed by atoms with Crippen LogP contribution in [-0.2, 0) is 9.53 Å². The van der Waals surface area contributed by atoms with Crippen LogP contribution in [0.3, 0.4) is 0 Å². The molecule has 2 nitrogen and oxygen atoms in total. The number of rotatable bonds is 16. The number of carbonyl (C=O) groups is 1. The first-order valence-corrected chi connectivity index (χ1v) is 19.2. The van der Waals surface area contributed by atoms with Crippen molar-refractivity contribution in [2.24, 2.45) is 46.3 Å². The highest BCUT2D eigenvalue weighted by Gasteiger charge is 2.59. The van der Waals surface area contributed by atoms with Gasteiger partial charge in [0.05, 0.1) is 0 Å². The Labute approximate surface area is 267 Å². The van der Waals surface area contributed by atoms with Crippen LogP contribution in [0.5, 0.6) is 0 Å². The van der Waals surface area contributed by atoms with Gasteiger partial charge in [-0.05, 0) is 117 Å². The molecular weight excluding hydrogens is 524 g/mol. The summed E-state index contributed by atoms with van der Waals surface area (Å²) in [6, 6.07) is 0. The van der Waals surface area contributed by atoms with Crippen LogP contribution in [0.4, 0.5) is 0 Å². The van der Waals surface area contributed by atoms with E-state index >= 15 is 0 Å². The molecule has 0 saturated heterocycles. The van der Waals surface area contributed by atoms with E-state index in [1.165, 1.54) is 103 Å². The molecule has 0 amide bonds. The summed E-state index contributed by atoms with van der Waals surface area (Å²) in [5, 5.41) is 0. The van der Waals surface area contributed by atoms with Crippen molar-refractivity contribution in [2.75, 3.05) is 0 Å². The maximum absolute atomic E-state index is 12.7. The van der Waals surface area contributed by atoms with E-state index in [2.05, 4.69) is 60.6 Å². The zero-order chi connectivity index (χ0) is 31.0. The van der Waals surface area contributed by atoms with E-state index in [0.717, 1.165) is 48.9 Å². The van der Waals surface area contributed by atoms with Crippen molar-refractivity contribution >= 4 is 5.97 Å². The number of unbranched alkanes of at least 4 members (excludes halogenated alkanes) is 8. The Kier molecular flexibility index (Phi) is 12.9. The van der Waals surface area contributed by atoms with Crippen LogP contribution in [-0.4, -0.2) is 12.1 Å². The van der Waals surface area contributed by atoms with E-state index < -0.39 is 0 Å². The Bertz CT molecular complexity index is 943. The lowest BCUT2D eigenvalue weighted by Crippen LogP contribution is -2.51. The molecule has 246 valence electrons. The van der Waals surface area contributed by atoms with Crippen LogP contribution >= 0.6 is 0 Å². The number of ether oxygens (including phenoxy) is 1. The number of esters is 1. The Morgan fingerprint density at radius 1 is 0.907 bits per heavy atom. The molecule has 4 rings (SSSR count). The van der Waals surface area contributed by atoms with Gasteiger partial charge in [-0.25, -0.2) is 0 Å². The smallest absolute Gasteiger partial charge is 0.306 e. The topological polar surface area (TPSA) is 26.3 Å². The molecule has 4 aliphatic carbocycles. The summed E-state index contributed by atoms with van der Waals surface area (Å²) in [5.41, 5.74) is 4.14. The Hall–Kier alpha value is -1.05. The zero-order valence-corrected chi connectivity index (χ0v) is 29.7. The molecule has 0 radical (unpaired) electrons.